The first-order valence-electron chi connectivity index (χ1n) is 5.29. The van der Waals surface area contributed by atoms with E-state index in [1.165, 1.54) is 0 Å². The molecule has 0 atom stereocenters. The van der Waals surface area contributed by atoms with E-state index in [0.717, 1.165) is 0 Å². The lowest BCUT2D eigenvalue weighted by Crippen LogP contribution is -2.40. The van der Waals surface area contributed by atoms with Gasteiger partial charge in [0.2, 0.25) is 5.91 Å². The van der Waals surface area contributed by atoms with Crippen molar-refractivity contribution in [1.29, 1.82) is 0 Å². The van der Waals surface area contributed by atoms with E-state index >= 15 is 0 Å². The molecule has 1 aromatic heterocycles. The summed E-state index contributed by atoms with van der Waals surface area (Å²) < 4.78 is 0.631. The van der Waals surface area contributed by atoms with Crippen LogP contribution >= 0.6 is 15.9 Å². The molecule has 0 aromatic carbocycles. The molecule has 0 fully saturated rings. The molecule has 0 radical (unpaired) electrons. The molecule has 0 aliphatic carbocycles. The fourth-order valence-electron chi connectivity index (χ4n) is 1.37. The van der Waals surface area contributed by atoms with Crippen LogP contribution in [-0.2, 0) is 4.79 Å². The van der Waals surface area contributed by atoms with Crippen LogP contribution in [0.4, 0.5) is 11.6 Å². The quantitative estimate of drug-likeness (QED) is 0.858. The number of aromatic nitrogens is 2. The number of carbonyl (C=O) groups excluding carboxylic acids is 1. The molecule has 2 heterocycles. The molecule has 16 heavy (non-hydrogen) atoms. The number of amides is 1. The second kappa shape index (κ2) is 5.79. The van der Waals surface area contributed by atoms with E-state index in [9.17, 15) is 4.79 Å². The topological polar surface area (TPSA) is 58.1 Å². The molecule has 6 heteroatoms. The summed E-state index contributed by atoms with van der Waals surface area (Å²) in [5.41, 5.74) is 0. The predicted octanol–water partition coefficient (Wildman–Crippen LogP) is 2.04. The highest BCUT2D eigenvalue weighted by Crippen LogP contribution is 2.25. The van der Waals surface area contributed by atoms with E-state index in [0.29, 0.717) is 22.8 Å². The highest BCUT2D eigenvalue weighted by atomic mass is 79.9. The third kappa shape index (κ3) is 2.49. The van der Waals surface area contributed by atoms with E-state index in [1.807, 2.05) is 20.8 Å². The highest BCUT2D eigenvalue weighted by Gasteiger charge is 2.24. The van der Waals surface area contributed by atoms with Gasteiger partial charge in [-0.15, -0.1) is 0 Å². The van der Waals surface area contributed by atoms with E-state index < -0.39 is 0 Å². The van der Waals surface area contributed by atoms with Crippen LogP contribution in [0.1, 0.15) is 20.8 Å². The minimum atomic E-state index is 0.0207. The monoisotopic (exact) mass is 286 g/mol. The number of carbonyl (C=O) groups is 1. The summed E-state index contributed by atoms with van der Waals surface area (Å²) in [6.07, 6.45) is 1.61. The molecule has 0 saturated carbocycles. The molecule has 0 spiro atoms. The Morgan fingerprint density at radius 2 is 2.25 bits per heavy atom. The van der Waals surface area contributed by atoms with Crippen LogP contribution in [0.25, 0.3) is 0 Å². The van der Waals surface area contributed by atoms with Crippen molar-refractivity contribution in [2.24, 2.45) is 0 Å². The van der Waals surface area contributed by atoms with Crippen molar-refractivity contribution in [2.75, 3.05) is 23.3 Å². The predicted molar refractivity (Wildman–Crippen MR) is 67.6 cm³/mol. The van der Waals surface area contributed by atoms with Crippen molar-refractivity contribution in [2.45, 2.75) is 20.8 Å². The Morgan fingerprint density at radius 1 is 1.56 bits per heavy atom. The van der Waals surface area contributed by atoms with Gasteiger partial charge in [0, 0.05) is 6.54 Å². The van der Waals surface area contributed by atoms with E-state index in [2.05, 4.69) is 31.2 Å². The van der Waals surface area contributed by atoms with Gasteiger partial charge < -0.3 is 5.32 Å². The first-order chi connectivity index (χ1) is 7.72. The molecule has 2 rings (SSSR count). The van der Waals surface area contributed by atoms with Crippen LogP contribution in [0, 0.1) is 0 Å². The lowest BCUT2D eigenvalue weighted by atomic mass is 10.3. The van der Waals surface area contributed by atoms with Gasteiger partial charge in [-0.25, -0.2) is 9.97 Å². The molecular formula is C10H15BrN4O. The van der Waals surface area contributed by atoms with Crippen LogP contribution in [0.15, 0.2) is 10.8 Å². The molecule has 0 saturated heterocycles. The van der Waals surface area contributed by atoms with Gasteiger partial charge in [0.15, 0.2) is 11.6 Å². The van der Waals surface area contributed by atoms with E-state index in [1.54, 1.807) is 11.1 Å². The molecule has 0 unspecified atom stereocenters. The van der Waals surface area contributed by atoms with Crippen LogP contribution in [0.2, 0.25) is 0 Å². The minimum absolute atomic E-state index is 0.0207. The zero-order valence-corrected chi connectivity index (χ0v) is 11.2. The third-order valence-corrected chi connectivity index (χ3v) is 2.39. The number of hydrogen-bond acceptors (Lipinski definition) is 4. The van der Waals surface area contributed by atoms with Crippen molar-refractivity contribution in [1.82, 2.24) is 9.97 Å². The van der Waals surface area contributed by atoms with E-state index in [-0.39, 0.29) is 12.5 Å². The lowest BCUT2D eigenvalue weighted by Gasteiger charge is -2.26. The molecule has 88 valence electrons. The maximum absolute atomic E-state index is 11.5. The van der Waals surface area contributed by atoms with Crippen LogP contribution in [0.5, 0.6) is 0 Å². The Bertz CT molecular complexity index is 383. The van der Waals surface area contributed by atoms with Crippen LogP contribution < -0.4 is 10.2 Å². The summed E-state index contributed by atoms with van der Waals surface area (Å²) in [6.45, 7) is 6.81. The number of hydrogen-bond donors (Lipinski definition) is 1. The third-order valence-electron chi connectivity index (χ3n) is 2.00. The van der Waals surface area contributed by atoms with E-state index in [4.69, 9.17) is 0 Å². The first kappa shape index (κ1) is 12.9. The van der Waals surface area contributed by atoms with Gasteiger partial charge in [-0.2, -0.15) is 0 Å². The summed E-state index contributed by atoms with van der Waals surface area (Å²) in [7, 11) is 0. The zero-order chi connectivity index (χ0) is 12.1. The van der Waals surface area contributed by atoms with Crippen molar-refractivity contribution < 1.29 is 4.79 Å². The summed E-state index contributed by atoms with van der Waals surface area (Å²) in [5, 5.41) is 2.92. The fraction of sp³-hybridized carbons (Fsp3) is 0.500. The first-order valence-corrected chi connectivity index (χ1v) is 6.08. The molecule has 1 aliphatic heterocycles. The number of rotatable bonds is 1. The molecule has 1 aliphatic rings. The van der Waals surface area contributed by atoms with Gasteiger partial charge in [0.05, 0.1) is 12.7 Å². The Morgan fingerprint density at radius 3 is 2.88 bits per heavy atom. The maximum atomic E-state index is 11.5. The molecule has 1 amide bonds. The zero-order valence-electron chi connectivity index (χ0n) is 9.62. The highest BCUT2D eigenvalue weighted by molar-refractivity contribution is 9.10. The summed E-state index contributed by atoms with van der Waals surface area (Å²) in [6, 6.07) is 0. The summed E-state index contributed by atoms with van der Waals surface area (Å²) in [4.78, 5) is 21.4. The van der Waals surface area contributed by atoms with Gasteiger partial charge in [0.25, 0.3) is 0 Å². The number of fused-ring (bicyclic) bond motifs is 1. The van der Waals surface area contributed by atoms with Crippen LogP contribution in [-0.4, -0.2) is 29.0 Å². The molecular weight excluding hydrogens is 272 g/mol. The molecule has 5 nitrogen and oxygen atoms in total. The van der Waals surface area contributed by atoms with Crippen molar-refractivity contribution in [3.05, 3.63) is 10.8 Å². The average molecular weight is 287 g/mol. The smallest absolute Gasteiger partial charge is 0.247 e. The van der Waals surface area contributed by atoms with Crippen LogP contribution in [0.3, 0.4) is 0 Å². The van der Waals surface area contributed by atoms with Gasteiger partial charge in [-0.3, -0.25) is 9.69 Å². The van der Waals surface area contributed by atoms with Gasteiger partial charge in [-0.05, 0) is 22.9 Å². The largest absolute Gasteiger partial charge is 0.358 e. The van der Waals surface area contributed by atoms with Crippen molar-refractivity contribution in [3.63, 3.8) is 0 Å². The second-order valence-corrected chi connectivity index (χ2v) is 3.67. The van der Waals surface area contributed by atoms with Gasteiger partial charge in [0.1, 0.15) is 4.60 Å². The normalized spacial score (nSPS) is 13.5. The van der Waals surface area contributed by atoms with Crippen molar-refractivity contribution in [3.8, 4) is 0 Å². The Kier molecular flexibility index (Phi) is 4.67. The number of likely N-dealkylation sites (N-methyl/N-ethyl adjacent to an activating group) is 1. The average Bonchev–Trinajstić information content (AvgIpc) is 2.31. The summed E-state index contributed by atoms with van der Waals surface area (Å²) >= 11 is 3.23. The molecule has 1 aromatic rings. The SMILES string of the molecule is CC.CCN1C(=O)CNc2ncc(Br)nc21. The standard InChI is InChI=1S/C8H9BrN4O.C2H6/c1-2-13-6(14)4-11-7-8(13)12-5(9)3-10-7;1-2/h3H,2,4H2,1H3,(H,10,11);1-2H3. The van der Waals surface area contributed by atoms with Crippen molar-refractivity contribution >= 4 is 33.5 Å². The Balaban J connectivity index is 0.000000606. The van der Waals surface area contributed by atoms with Gasteiger partial charge >= 0.3 is 0 Å². The second-order valence-electron chi connectivity index (χ2n) is 2.86. The van der Waals surface area contributed by atoms with Gasteiger partial charge in [-0.1, -0.05) is 13.8 Å². The molecule has 1 N–H and O–H groups in total. The number of nitrogens with zero attached hydrogens (tertiary/aromatic N) is 3. The fourth-order valence-corrected chi connectivity index (χ4v) is 1.64. The summed E-state index contributed by atoms with van der Waals surface area (Å²) in [5.74, 6) is 1.28. The number of nitrogens with one attached hydrogen (secondary N) is 1. The maximum Gasteiger partial charge on any atom is 0.247 e. The Hall–Kier alpha value is -1.17. The lowest BCUT2D eigenvalue weighted by molar-refractivity contribution is -0.117. The number of anilines is 2. The molecule has 0 bridgehead atoms. The minimum Gasteiger partial charge on any atom is -0.358 e. The number of halogens is 1. The Labute approximate surface area is 103 Å².